The Balaban J connectivity index is 1.84. The second kappa shape index (κ2) is 6.96. The number of thiophene rings is 1. The highest BCUT2D eigenvalue weighted by atomic mass is 32.2. The van der Waals surface area contributed by atoms with Gasteiger partial charge >= 0.3 is 5.97 Å². The lowest BCUT2D eigenvalue weighted by Gasteiger charge is -2.13. The van der Waals surface area contributed by atoms with Crippen LogP contribution in [0.2, 0.25) is 0 Å². The van der Waals surface area contributed by atoms with Gasteiger partial charge in [-0.1, -0.05) is 6.92 Å². The molecule has 1 aliphatic carbocycles. The SMILES string of the molecule is CCOC(=O)CC(C)Sc1ncnc2sc3c(c12)CCCC3. The van der Waals surface area contributed by atoms with Crippen LogP contribution in [-0.4, -0.2) is 27.8 Å². The van der Waals surface area contributed by atoms with Gasteiger partial charge in [-0.3, -0.25) is 4.79 Å². The fraction of sp³-hybridized carbons (Fsp3) is 0.562. The summed E-state index contributed by atoms with van der Waals surface area (Å²) in [4.78, 5) is 23.1. The Kier molecular flexibility index (Phi) is 4.98. The van der Waals surface area contributed by atoms with E-state index in [4.69, 9.17) is 4.74 Å². The number of hydrogen-bond acceptors (Lipinski definition) is 6. The minimum absolute atomic E-state index is 0.139. The summed E-state index contributed by atoms with van der Waals surface area (Å²) in [5.74, 6) is -0.139. The van der Waals surface area contributed by atoms with Gasteiger partial charge in [-0.05, 0) is 38.2 Å². The molecule has 0 bridgehead atoms. The highest BCUT2D eigenvalue weighted by molar-refractivity contribution is 8.00. The number of rotatable bonds is 5. The standard InChI is InChI=1S/C16H20N2O2S2/c1-3-20-13(19)8-10(2)21-15-14-11-6-4-5-7-12(11)22-16(14)18-9-17-15/h9-10H,3-8H2,1-2H3. The van der Waals surface area contributed by atoms with Crippen molar-refractivity contribution < 1.29 is 9.53 Å². The van der Waals surface area contributed by atoms with E-state index in [1.165, 1.54) is 35.1 Å². The van der Waals surface area contributed by atoms with Crippen molar-refractivity contribution in [3.8, 4) is 0 Å². The van der Waals surface area contributed by atoms with Gasteiger partial charge in [-0.2, -0.15) is 0 Å². The average molecular weight is 336 g/mol. The Morgan fingerprint density at radius 2 is 2.23 bits per heavy atom. The van der Waals surface area contributed by atoms with Gasteiger partial charge in [0.2, 0.25) is 0 Å². The molecule has 6 heteroatoms. The van der Waals surface area contributed by atoms with Gasteiger partial charge in [0, 0.05) is 15.5 Å². The Morgan fingerprint density at radius 1 is 1.41 bits per heavy atom. The van der Waals surface area contributed by atoms with Crippen molar-refractivity contribution in [3.05, 3.63) is 16.8 Å². The van der Waals surface area contributed by atoms with Crippen LogP contribution in [0.25, 0.3) is 10.2 Å². The maximum Gasteiger partial charge on any atom is 0.306 e. The van der Waals surface area contributed by atoms with Gasteiger partial charge in [0.05, 0.1) is 13.0 Å². The molecule has 22 heavy (non-hydrogen) atoms. The summed E-state index contributed by atoms with van der Waals surface area (Å²) < 4.78 is 5.03. The first-order valence-electron chi connectivity index (χ1n) is 7.76. The number of carbonyl (C=O) groups is 1. The summed E-state index contributed by atoms with van der Waals surface area (Å²) in [6.45, 7) is 4.32. The minimum atomic E-state index is -0.139. The van der Waals surface area contributed by atoms with E-state index in [1.807, 2.05) is 13.8 Å². The number of hydrogen-bond donors (Lipinski definition) is 0. The molecule has 0 aliphatic heterocycles. The van der Waals surface area contributed by atoms with Crippen molar-refractivity contribution in [1.29, 1.82) is 0 Å². The van der Waals surface area contributed by atoms with Crippen molar-refractivity contribution in [2.45, 2.75) is 56.2 Å². The number of esters is 1. The van der Waals surface area contributed by atoms with Crippen molar-refractivity contribution in [2.24, 2.45) is 0 Å². The van der Waals surface area contributed by atoms with Crippen molar-refractivity contribution in [1.82, 2.24) is 9.97 Å². The van der Waals surface area contributed by atoms with Gasteiger partial charge in [0.15, 0.2) is 0 Å². The maximum atomic E-state index is 11.6. The Labute approximate surface area is 138 Å². The number of ether oxygens (including phenoxy) is 1. The molecule has 2 heterocycles. The van der Waals surface area contributed by atoms with Crippen LogP contribution in [-0.2, 0) is 22.4 Å². The fourth-order valence-electron chi connectivity index (χ4n) is 2.84. The molecule has 0 amide bonds. The Morgan fingerprint density at radius 3 is 3.05 bits per heavy atom. The number of nitrogens with zero attached hydrogens (tertiary/aromatic N) is 2. The van der Waals surface area contributed by atoms with E-state index < -0.39 is 0 Å². The molecule has 0 fully saturated rings. The maximum absolute atomic E-state index is 11.6. The predicted molar refractivity (Wildman–Crippen MR) is 90.6 cm³/mol. The summed E-state index contributed by atoms with van der Waals surface area (Å²) in [5.41, 5.74) is 1.44. The van der Waals surface area contributed by atoms with Gasteiger partial charge in [-0.15, -0.1) is 23.1 Å². The molecule has 2 aromatic heterocycles. The highest BCUT2D eigenvalue weighted by Crippen LogP contribution is 2.40. The Hall–Kier alpha value is -1.14. The predicted octanol–water partition coefficient (Wildman–Crippen LogP) is 4.00. The lowest BCUT2D eigenvalue weighted by atomic mass is 9.97. The molecular weight excluding hydrogens is 316 g/mol. The molecule has 1 aliphatic rings. The van der Waals surface area contributed by atoms with Crippen molar-refractivity contribution >= 4 is 39.3 Å². The molecule has 3 rings (SSSR count). The summed E-state index contributed by atoms with van der Waals surface area (Å²) in [7, 11) is 0. The third-order valence-electron chi connectivity index (χ3n) is 3.79. The van der Waals surface area contributed by atoms with E-state index in [0.717, 1.165) is 16.3 Å². The topological polar surface area (TPSA) is 52.1 Å². The van der Waals surface area contributed by atoms with Crippen LogP contribution < -0.4 is 0 Å². The second-order valence-electron chi connectivity index (χ2n) is 5.51. The van der Waals surface area contributed by atoms with Crippen LogP contribution in [0.4, 0.5) is 0 Å². The molecule has 0 N–H and O–H groups in total. The lowest BCUT2D eigenvalue weighted by Crippen LogP contribution is -2.11. The molecular formula is C16H20N2O2S2. The quantitative estimate of drug-likeness (QED) is 0.469. The summed E-state index contributed by atoms with van der Waals surface area (Å²) in [5, 5.41) is 2.39. The van der Waals surface area contributed by atoms with Crippen LogP contribution in [0.1, 0.15) is 43.6 Å². The van der Waals surface area contributed by atoms with Crippen LogP contribution in [0.5, 0.6) is 0 Å². The largest absolute Gasteiger partial charge is 0.466 e. The Bertz CT molecular complexity index is 684. The number of thioether (sulfide) groups is 1. The second-order valence-corrected chi connectivity index (χ2v) is 8.02. The summed E-state index contributed by atoms with van der Waals surface area (Å²) in [6, 6.07) is 0. The van der Waals surface area contributed by atoms with Gasteiger partial charge in [0.1, 0.15) is 16.2 Å². The summed E-state index contributed by atoms with van der Waals surface area (Å²) >= 11 is 3.47. The average Bonchev–Trinajstić information content (AvgIpc) is 2.86. The molecule has 0 radical (unpaired) electrons. The first-order chi connectivity index (χ1) is 10.7. The van der Waals surface area contributed by atoms with E-state index >= 15 is 0 Å². The first-order valence-corrected chi connectivity index (χ1v) is 9.46. The lowest BCUT2D eigenvalue weighted by molar-refractivity contribution is -0.142. The molecule has 0 saturated heterocycles. The highest BCUT2D eigenvalue weighted by Gasteiger charge is 2.21. The minimum Gasteiger partial charge on any atom is -0.466 e. The molecule has 0 spiro atoms. The van der Waals surface area contributed by atoms with E-state index in [0.29, 0.717) is 13.0 Å². The van der Waals surface area contributed by atoms with Crippen molar-refractivity contribution in [3.63, 3.8) is 0 Å². The van der Waals surface area contributed by atoms with Gasteiger partial charge in [-0.25, -0.2) is 9.97 Å². The third-order valence-corrected chi connectivity index (χ3v) is 6.09. The van der Waals surface area contributed by atoms with E-state index in [-0.39, 0.29) is 11.2 Å². The molecule has 2 aromatic rings. The molecule has 118 valence electrons. The fourth-order valence-corrected chi connectivity index (χ4v) is 5.18. The zero-order valence-electron chi connectivity index (χ0n) is 12.9. The van der Waals surface area contributed by atoms with Crippen LogP contribution in [0.3, 0.4) is 0 Å². The third kappa shape index (κ3) is 3.27. The number of fused-ring (bicyclic) bond motifs is 3. The number of aromatic nitrogens is 2. The molecule has 0 saturated carbocycles. The number of carbonyl (C=O) groups excluding carboxylic acids is 1. The first kappa shape index (κ1) is 15.7. The van der Waals surface area contributed by atoms with Crippen LogP contribution in [0, 0.1) is 0 Å². The monoisotopic (exact) mass is 336 g/mol. The van der Waals surface area contributed by atoms with E-state index in [1.54, 1.807) is 29.4 Å². The molecule has 1 atom stereocenters. The van der Waals surface area contributed by atoms with Gasteiger partial charge < -0.3 is 4.74 Å². The van der Waals surface area contributed by atoms with Crippen LogP contribution >= 0.6 is 23.1 Å². The zero-order valence-corrected chi connectivity index (χ0v) is 14.6. The normalized spacial score (nSPS) is 15.5. The smallest absolute Gasteiger partial charge is 0.306 e. The molecule has 0 aromatic carbocycles. The zero-order chi connectivity index (χ0) is 15.5. The van der Waals surface area contributed by atoms with E-state index in [9.17, 15) is 4.79 Å². The van der Waals surface area contributed by atoms with E-state index in [2.05, 4.69) is 9.97 Å². The van der Waals surface area contributed by atoms with Crippen LogP contribution in [0.15, 0.2) is 11.4 Å². The number of aryl methyl sites for hydroxylation is 2. The van der Waals surface area contributed by atoms with Crippen molar-refractivity contribution in [2.75, 3.05) is 6.61 Å². The molecule has 1 unspecified atom stereocenters. The van der Waals surface area contributed by atoms with Gasteiger partial charge in [0.25, 0.3) is 0 Å². The summed E-state index contributed by atoms with van der Waals surface area (Å²) in [6.07, 6.45) is 6.87. The molecule has 4 nitrogen and oxygen atoms in total.